The van der Waals surface area contributed by atoms with E-state index in [1.54, 1.807) is 0 Å². The SMILES string of the molecule is CCN1CC(c2ccc3c(c2)OCCO3)=Nc2ccccc21. The molecule has 22 heavy (non-hydrogen) atoms. The number of aliphatic imine (C=N–C) groups is 1. The fourth-order valence-corrected chi connectivity index (χ4v) is 2.93. The van der Waals surface area contributed by atoms with Gasteiger partial charge in [-0.25, -0.2) is 4.99 Å². The van der Waals surface area contributed by atoms with Crippen molar-refractivity contribution in [2.45, 2.75) is 6.92 Å². The second-order valence-corrected chi connectivity index (χ2v) is 5.42. The molecule has 2 aliphatic heterocycles. The van der Waals surface area contributed by atoms with Crippen molar-refractivity contribution in [3.05, 3.63) is 48.0 Å². The van der Waals surface area contributed by atoms with Crippen LogP contribution in [-0.2, 0) is 0 Å². The summed E-state index contributed by atoms with van der Waals surface area (Å²) in [6.07, 6.45) is 0. The molecule has 2 heterocycles. The maximum absolute atomic E-state index is 5.68. The van der Waals surface area contributed by atoms with Crippen LogP contribution >= 0.6 is 0 Å². The van der Waals surface area contributed by atoms with Crippen molar-refractivity contribution >= 4 is 17.1 Å². The van der Waals surface area contributed by atoms with Gasteiger partial charge in [0.15, 0.2) is 11.5 Å². The van der Waals surface area contributed by atoms with Crippen molar-refractivity contribution in [2.24, 2.45) is 4.99 Å². The summed E-state index contributed by atoms with van der Waals surface area (Å²) in [6.45, 7) is 5.16. The van der Waals surface area contributed by atoms with E-state index in [4.69, 9.17) is 14.5 Å². The Kier molecular flexibility index (Phi) is 3.22. The summed E-state index contributed by atoms with van der Waals surface area (Å²) in [5.41, 5.74) is 4.39. The van der Waals surface area contributed by atoms with Crippen LogP contribution < -0.4 is 14.4 Å². The normalized spacial score (nSPS) is 16.0. The lowest BCUT2D eigenvalue weighted by atomic mass is 10.1. The van der Waals surface area contributed by atoms with Crippen LogP contribution in [0.2, 0.25) is 0 Å². The summed E-state index contributed by atoms with van der Waals surface area (Å²) in [6, 6.07) is 14.4. The molecule has 0 spiro atoms. The molecule has 0 amide bonds. The van der Waals surface area contributed by atoms with Crippen LogP contribution in [-0.4, -0.2) is 32.0 Å². The highest BCUT2D eigenvalue weighted by Crippen LogP contribution is 2.35. The van der Waals surface area contributed by atoms with Crippen LogP contribution in [0.1, 0.15) is 12.5 Å². The summed E-state index contributed by atoms with van der Waals surface area (Å²) in [7, 11) is 0. The molecule has 0 saturated heterocycles. The largest absolute Gasteiger partial charge is 0.486 e. The summed E-state index contributed by atoms with van der Waals surface area (Å²) in [5, 5.41) is 0. The second kappa shape index (κ2) is 5.37. The van der Waals surface area contributed by atoms with Gasteiger partial charge < -0.3 is 14.4 Å². The maximum atomic E-state index is 5.68. The van der Waals surface area contributed by atoms with Crippen molar-refractivity contribution in [1.29, 1.82) is 0 Å². The first kappa shape index (κ1) is 13.2. The van der Waals surface area contributed by atoms with Crippen LogP contribution in [0.5, 0.6) is 11.5 Å². The van der Waals surface area contributed by atoms with Gasteiger partial charge in [-0.2, -0.15) is 0 Å². The van der Waals surface area contributed by atoms with Gasteiger partial charge in [-0.15, -0.1) is 0 Å². The molecular weight excluding hydrogens is 276 g/mol. The highest BCUT2D eigenvalue weighted by molar-refractivity contribution is 6.07. The first-order valence-electron chi connectivity index (χ1n) is 7.66. The quantitative estimate of drug-likeness (QED) is 0.851. The fourth-order valence-electron chi connectivity index (χ4n) is 2.93. The van der Waals surface area contributed by atoms with Gasteiger partial charge in [-0.3, -0.25) is 0 Å². The molecular formula is C18H18N2O2. The fraction of sp³-hybridized carbons (Fsp3) is 0.278. The van der Waals surface area contributed by atoms with Crippen LogP contribution in [0.25, 0.3) is 0 Å². The minimum atomic E-state index is 0.604. The number of benzene rings is 2. The molecule has 0 radical (unpaired) electrons. The molecule has 0 bridgehead atoms. The third kappa shape index (κ3) is 2.21. The summed E-state index contributed by atoms with van der Waals surface area (Å²) >= 11 is 0. The Labute approximate surface area is 130 Å². The van der Waals surface area contributed by atoms with E-state index in [9.17, 15) is 0 Å². The van der Waals surface area contributed by atoms with Crippen molar-refractivity contribution in [3.8, 4) is 11.5 Å². The Morgan fingerprint density at radius 2 is 1.86 bits per heavy atom. The maximum Gasteiger partial charge on any atom is 0.162 e. The van der Waals surface area contributed by atoms with Gasteiger partial charge in [0.25, 0.3) is 0 Å². The molecule has 4 rings (SSSR count). The lowest BCUT2D eigenvalue weighted by Crippen LogP contribution is -2.32. The van der Waals surface area contributed by atoms with E-state index in [0.717, 1.165) is 41.6 Å². The molecule has 4 nitrogen and oxygen atoms in total. The number of nitrogens with zero attached hydrogens (tertiary/aromatic N) is 2. The first-order valence-corrected chi connectivity index (χ1v) is 7.66. The topological polar surface area (TPSA) is 34.1 Å². The molecule has 4 heteroatoms. The molecule has 0 atom stereocenters. The van der Waals surface area contributed by atoms with Crippen LogP contribution in [0.15, 0.2) is 47.5 Å². The molecule has 2 aromatic carbocycles. The molecule has 2 aliphatic rings. The van der Waals surface area contributed by atoms with E-state index in [1.807, 2.05) is 18.2 Å². The number of hydrogen-bond acceptors (Lipinski definition) is 4. The zero-order valence-electron chi connectivity index (χ0n) is 12.6. The summed E-state index contributed by atoms with van der Waals surface area (Å²) in [4.78, 5) is 7.18. The third-order valence-corrected chi connectivity index (χ3v) is 4.08. The number of anilines is 1. The van der Waals surface area contributed by atoms with Crippen molar-refractivity contribution in [2.75, 3.05) is 31.2 Å². The molecule has 0 N–H and O–H groups in total. The monoisotopic (exact) mass is 294 g/mol. The summed E-state index contributed by atoms with van der Waals surface area (Å²) in [5.74, 6) is 1.63. The number of para-hydroxylation sites is 2. The molecule has 0 fully saturated rings. The van der Waals surface area contributed by atoms with Crippen LogP contribution in [0, 0.1) is 0 Å². The Bertz CT molecular complexity index is 740. The van der Waals surface area contributed by atoms with Crippen molar-refractivity contribution < 1.29 is 9.47 Å². The second-order valence-electron chi connectivity index (χ2n) is 5.42. The summed E-state index contributed by atoms with van der Waals surface area (Å²) < 4.78 is 11.3. The van der Waals surface area contributed by atoms with Gasteiger partial charge in [0, 0.05) is 12.1 Å². The highest BCUT2D eigenvalue weighted by atomic mass is 16.6. The molecule has 0 aromatic heterocycles. The van der Waals surface area contributed by atoms with Gasteiger partial charge in [0.2, 0.25) is 0 Å². The number of hydrogen-bond donors (Lipinski definition) is 0. The molecule has 112 valence electrons. The third-order valence-electron chi connectivity index (χ3n) is 4.08. The number of likely N-dealkylation sites (N-methyl/N-ethyl adjacent to an activating group) is 1. The Hall–Kier alpha value is -2.49. The van der Waals surface area contributed by atoms with Crippen molar-refractivity contribution in [3.63, 3.8) is 0 Å². The first-order chi connectivity index (χ1) is 10.8. The lowest BCUT2D eigenvalue weighted by molar-refractivity contribution is 0.171. The van der Waals surface area contributed by atoms with E-state index in [0.29, 0.717) is 13.2 Å². The Morgan fingerprint density at radius 1 is 1.05 bits per heavy atom. The standard InChI is InChI=1S/C18H18N2O2/c1-2-20-12-15(19-14-5-3-4-6-16(14)20)13-7-8-17-18(11-13)22-10-9-21-17/h3-8,11H,2,9-10,12H2,1H3. The average Bonchev–Trinajstić information content (AvgIpc) is 2.60. The molecule has 0 saturated carbocycles. The number of ether oxygens (including phenoxy) is 2. The van der Waals surface area contributed by atoms with Crippen molar-refractivity contribution in [1.82, 2.24) is 0 Å². The average molecular weight is 294 g/mol. The Morgan fingerprint density at radius 3 is 2.73 bits per heavy atom. The number of rotatable bonds is 2. The predicted molar refractivity (Wildman–Crippen MR) is 88.0 cm³/mol. The van der Waals surface area contributed by atoms with Gasteiger partial charge >= 0.3 is 0 Å². The minimum Gasteiger partial charge on any atom is -0.486 e. The van der Waals surface area contributed by atoms with E-state index in [1.165, 1.54) is 5.69 Å². The van der Waals surface area contributed by atoms with Gasteiger partial charge in [0.05, 0.1) is 23.6 Å². The smallest absolute Gasteiger partial charge is 0.162 e. The minimum absolute atomic E-state index is 0.604. The lowest BCUT2D eigenvalue weighted by Gasteiger charge is -2.29. The number of fused-ring (bicyclic) bond motifs is 2. The highest BCUT2D eigenvalue weighted by Gasteiger charge is 2.20. The van der Waals surface area contributed by atoms with Gasteiger partial charge in [-0.1, -0.05) is 12.1 Å². The zero-order valence-corrected chi connectivity index (χ0v) is 12.6. The Balaban J connectivity index is 1.75. The predicted octanol–water partition coefficient (Wildman–Crippen LogP) is 3.42. The molecule has 0 unspecified atom stereocenters. The van der Waals surface area contributed by atoms with E-state index < -0.39 is 0 Å². The van der Waals surface area contributed by atoms with Gasteiger partial charge in [0.1, 0.15) is 13.2 Å². The van der Waals surface area contributed by atoms with Crippen LogP contribution in [0.4, 0.5) is 11.4 Å². The zero-order chi connectivity index (χ0) is 14.9. The van der Waals surface area contributed by atoms with E-state index in [2.05, 4.69) is 36.1 Å². The van der Waals surface area contributed by atoms with E-state index in [-0.39, 0.29) is 0 Å². The molecule has 0 aliphatic carbocycles. The van der Waals surface area contributed by atoms with E-state index >= 15 is 0 Å². The van der Waals surface area contributed by atoms with Crippen LogP contribution in [0.3, 0.4) is 0 Å². The van der Waals surface area contributed by atoms with Gasteiger partial charge in [-0.05, 0) is 37.3 Å². The molecule has 2 aromatic rings.